The molecule has 0 aliphatic rings. The van der Waals surface area contributed by atoms with Crippen LogP contribution < -0.4 is 0 Å². The maximum absolute atomic E-state index is 12.6. The van der Waals surface area contributed by atoms with Crippen LogP contribution in [0.15, 0.2) is 0 Å². The molecule has 30 heavy (non-hydrogen) atoms. The van der Waals surface area contributed by atoms with E-state index in [-0.39, 0.29) is 0 Å². The molecule has 4 heteroatoms. The van der Waals surface area contributed by atoms with Gasteiger partial charge in [0.15, 0.2) is 0 Å². The third kappa shape index (κ3) is 21.4. The zero-order valence-electron chi connectivity index (χ0n) is 21.1. The van der Waals surface area contributed by atoms with Crippen molar-refractivity contribution < 1.29 is 13.6 Å². The lowest BCUT2D eigenvalue weighted by atomic mass is 10.0. The quantitative estimate of drug-likeness (QED) is 0.109. The molecule has 182 valence electrons. The van der Waals surface area contributed by atoms with E-state index in [4.69, 9.17) is 9.05 Å². The summed E-state index contributed by atoms with van der Waals surface area (Å²) in [5.74, 6) is 0.388. The number of unbranched alkanes of at least 4 members (excludes halogenated alkanes) is 17. The summed E-state index contributed by atoms with van der Waals surface area (Å²) in [4.78, 5) is 0. The van der Waals surface area contributed by atoms with E-state index in [1.165, 1.54) is 103 Å². The zero-order chi connectivity index (χ0) is 22.3. The molecule has 0 N–H and O–H groups in total. The van der Waals surface area contributed by atoms with Crippen LogP contribution in [0.25, 0.3) is 0 Å². The molecule has 0 saturated heterocycles. The van der Waals surface area contributed by atoms with Gasteiger partial charge in [0.1, 0.15) is 0 Å². The molecule has 0 fully saturated rings. The predicted octanol–water partition coefficient (Wildman–Crippen LogP) is 9.93. The lowest BCUT2D eigenvalue weighted by molar-refractivity contribution is 0.192. The normalized spacial score (nSPS) is 13.8. The Labute approximate surface area is 190 Å². The first kappa shape index (κ1) is 30.1. The Bertz CT molecular complexity index is 384. The second-order valence-electron chi connectivity index (χ2n) is 9.45. The molecular formula is C26H55O3P. The average Bonchev–Trinajstić information content (AvgIpc) is 2.72. The second-order valence-corrected chi connectivity index (χ2v) is 11.6. The second kappa shape index (κ2) is 22.3. The topological polar surface area (TPSA) is 35.5 Å². The summed E-state index contributed by atoms with van der Waals surface area (Å²) in [6.07, 6.45) is 25.1. The van der Waals surface area contributed by atoms with E-state index in [2.05, 4.69) is 20.8 Å². The summed E-state index contributed by atoms with van der Waals surface area (Å²) in [6.45, 7) is 9.32. The van der Waals surface area contributed by atoms with Crippen LogP contribution in [0.4, 0.5) is 0 Å². The number of hydrogen-bond donors (Lipinski definition) is 0. The highest BCUT2D eigenvalue weighted by Crippen LogP contribution is 2.49. The fraction of sp³-hybridized carbons (Fsp3) is 1.00. The van der Waals surface area contributed by atoms with E-state index in [9.17, 15) is 4.57 Å². The van der Waals surface area contributed by atoms with Crippen molar-refractivity contribution in [3.63, 3.8) is 0 Å². The van der Waals surface area contributed by atoms with Crippen molar-refractivity contribution in [2.45, 2.75) is 143 Å². The molecule has 0 aromatic rings. The maximum atomic E-state index is 12.6. The molecule has 0 aromatic heterocycles. The SMILES string of the molecule is CCCCCCCCCCCCCCCCCCCCP(=O)(OCC)OCC(C)C. The minimum absolute atomic E-state index is 0.388. The van der Waals surface area contributed by atoms with Gasteiger partial charge in [-0.2, -0.15) is 0 Å². The molecule has 1 atom stereocenters. The molecule has 0 aliphatic heterocycles. The standard InChI is InChI=1S/C26H55O3P/c1-5-7-8-9-10-11-12-13-14-15-16-17-18-19-20-21-22-23-24-30(27,28-6-2)29-25-26(3)4/h26H,5-25H2,1-4H3. The monoisotopic (exact) mass is 446 g/mol. The summed E-state index contributed by atoms with van der Waals surface area (Å²) in [7, 11) is -2.86. The van der Waals surface area contributed by atoms with E-state index >= 15 is 0 Å². The van der Waals surface area contributed by atoms with Crippen LogP contribution in [0.5, 0.6) is 0 Å². The van der Waals surface area contributed by atoms with Gasteiger partial charge in [0.2, 0.25) is 0 Å². The van der Waals surface area contributed by atoms with Crippen LogP contribution in [-0.2, 0) is 13.6 Å². The van der Waals surface area contributed by atoms with E-state index < -0.39 is 7.60 Å². The summed E-state index contributed by atoms with van der Waals surface area (Å²) in [5, 5.41) is 0. The Morgan fingerprint density at radius 2 is 0.933 bits per heavy atom. The highest BCUT2D eigenvalue weighted by atomic mass is 31.2. The maximum Gasteiger partial charge on any atom is 0.330 e. The van der Waals surface area contributed by atoms with Gasteiger partial charge in [0.25, 0.3) is 0 Å². The highest BCUT2D eigenvalue weighted by molar-refractivity contribution is 7.53. The Balaban J connectivity index is 3.36. The average molecular weight is 447 g/mol. The van der Waals surface area contributed by atoms with E-state index in [0.717, 1.165) is 12.8 Å². The smallest absolute Gasteiger partial charge is 0.309 e. The summed E-state index contributed by atoms with van der Waals surface area (Å²) >= 11 is 0. The highest BCUT2D eigenvalue weighted by Gasteiger charge is 2.23. The Morgan fingerprint density at radius 1 is 0.567 bits per heavy atom. The van der Waals surface area contributed by atoms with E-state index in [1.54, 1.807) is 0 Å². The fourth-order valence-electron chi connectivity index (χ4n) is 3.83. The van der Waals surface area contributed by atoms with Gasteiger partial charge < -0.3 is 9.05 Å². The van der Waals surface area contributed by atoms with Crippen LogP contribution >= 0.6 is 7.60 Å². The first-order valence-corrected chi connectivity index (χ1v) is 15.1. The molecule has 0 radical (unpaired) electrons. The summed E-state index contributed by atoms with van der Waals surface area (Å²) in [5.41, 5.74) is 0. The van der Waals surface area contributed by atoms with Crippen molar-refractivity contribution in [1.29, 1.82) is 0 Å². The van der Waals surface area contributed by atoms with Crippen molar-refractivity contribution >= 4 is 7.60 Å². The van der Waals surface area contributed by atoms with Gasteiger partial charge in [-0.1, -0.05) is 130 Å². The van der Waals surface area contributed by atoms with Crippen molar-refractivity contribution in [3.05, 3.63) is 0 Å². The first-order valence-electron chi connectivity index (χ1n) is 13.4. The lowest BCUT2D eigenvalue weighted by Gasteiger charge is -2.19. The molecule has 0 rings (SSSR count). The molecule has 0 amide bonds. The predicted molar refractivity (Wildman–Crippen MR) is 134 cm³/mol. The third-order valence-electron chi connectivity index (χ3n) is 5.72. The molecule has 1 unspecified atom stereocenters. The van der Waals surface area contributed by atoms with Crippen molar-refractivity contribution in [3.8, 4) is 0 Å². The van der Waals surface area contributed by atoms with E-state index in [1.807, 2.05) is 6.92 Å². The largest absolute Gasteiger partial charge is 0.330 e. The molecule has 0 aliphatic carbocycles. The molecule has 0 aromatic carbocycles. The summed E-state index contributed by atoms with van der Waals surface area (Å²) in [6, 6.07) is 0. The van der Waals surface area contributed by atoms with Crippen molar-refractivity contribution in [2.24, 2.45) is 5.92 Å². The minimum Gasteiger partial charge on any atom is -0.309 e. The lowest BCUT2D eigenvalue weighted by Crippen LogP contribution is -2.05. The fourth-order valence-corrected chi connectivity index (χ4v) is 5.70. The van der Waals surface area contributed by atoms with Crippen molar-refractivity contribution in [1.82, 2.24) is 0 Å². The van der Waals surface area contributed by atoms with Gasteiger partial charge in [-0.25, -0.2) is 0 Å². The molecular weight excluding hydrogens is 391 g/mol. The van der Waals surface area contributed by atoms with Crippen molar-refractivity contribution in [2.75, 3.05) is 19.4 Å². The molecule has 0 heterocycles. The van der Waals surface area contributed by atoms with Crippen LogP contribution in [0.1, 0.15) is 143 Å². The number of hydrogen-bond acceptors (Lipinski definition) is 3. The first-order chi connectivity index (χ1) is 14.5. The van der Waals surface area contributed by atoms with Gasteiger partial charge in [-0.15, -0.1) is 0 Å². The minimum atomic E-state index is -2.86. The van der Waals surface area contributed by atoms with Crippen LogP contribution in [0.2, 0.25) is 0 Å². The Morgan fingerprint density at radius 3 is 1.27 bits per heavy atom. The van der Waals surface area contributed by atoms with Gasteiger partial charge in [-0.05, 0) is 19.3 Å². The van der Waals surface area contributed by atoms with Crippen LogP contribution in [0.3, 0.4) is 0 Å². The Kier molecular flexibility index (Phi) is 22.5. The number of rotatable bonds is 24. The van der Waals surface area contributed by atoms with Gasteiger partial charge in [0.05, 0.1) is 19.4 Å². The van der Waals surface area contributed by atoms with Gasteiger partial charge >= 0.3 is 7.60 Å². The molecule has 0 spiro atoms. The van der Waals surface area contributed by atoms with Gasteiger partial charge in [-0.3, -0.25) is 4.57 Å². The van der Waals surface area contributed by atoms with E-state index in [0.29, 0.717) is 25.3 Å². The summed E-state index contributed by atoms with van der Waals surface area (Å²) < 4.78 is 23.7. The van der Waals surface area contributed by atoms with Gasteiger partial charge in [0, 0.05) is 0 Å². The Hall–Kier alpha value is 0.150. The molecule has 0 bridgehead atoms. The molecule has 0 saturated carbocycles. The van der Waals surface area contributed by atoms with Crippen LogP contribution in [0, 0.1) is 5.92 Å². The zero-order valence-corrected chi connectivity index (χ0v) is 22.0. The third-order valence-corrected chi connectivity index (χ3v) is 7.77. The van der Waals surface area contributed by atoms with Crippen LogP contribution in [-0.4, -0.2) is 19.4 Å². The molecule has 3 nitrogen and oxygen atoms in total.